The third-order valence-electron chi connectivity index (χ3n) is 3.42. The fraction of sp³-hybridized carbons (Fsp3) is 0.538. The predicted octanol–water partition coefficient (Wildman–Crippen LogP) is 4.06. The molecule has 0 fully saturated rings. The lowest BCUT2D eigenvalue weighted by Crippen LogP contribution is -2.30. The maximum atomic E-state index is 13.9. The highest BCUT2D eigenvalue weighted by Gasteiger charge is 2.28. The molecule has 1 atom stereocenters. The summed E-state index contributed by atoms with van der Waals surface area (Å²) in [6.07, 6.45) is 1.07. The van der Waals surface area contributed by atoms with E-state index in [0.29, 0.717) is 16.9 Å². The number of nitrogens with zero attached hydrogens (tertiary/aromatic N) is 1. The molecule has 1 aliphatic rings. The van der Waals surface area contributed by atoms with Crippen molar-refractivity contribution in [3.05, 3.63) is 28.5 Å². The smallest absolute Gasteiger partial charge is 0.148 e. The molecule has 1 aromatic carbocycles. The third kappa shape index (κ3) is 1.91. The monoisotopic (exact) mass is 241 g/mol. The quantitative estimate of drug-likeness (QED) is 0.717. The van der Waals surface area contributed by atoms with Gasteiger partial charge >= 0.3 is 0 Å². The van der Waals surface area contributed by atoms with Crippen molar-refractivity contribution in [3.63, 3.8) is 0 Å². The van der Waals surface area contributed by atoms with Crippen LogP contribution in [0.2, 0.25) is 5.02 Å². The first-order valence-electron chi connectivity index (χ1n) is 5.70. The molecule has 0 aliphatic carbocycles. The van der Waals surface area contributed by atoms with Crippen LogP contribution < -0.4 is 4.90 Å². The predicted molar refractivity (Wildman–Crippen MR) is 66.9 cm³/mol. The van der Waals surface area contributed by atoms with Crippen molar-refractivity contribution in [1.29, 1.82) is 0 Å². The minimum Gasteiger partial charge on any atom is -0.372 e. The molecule has 2 rings (SSSR count). The van der Waals surface area contributed by atoms with Crippen molar-refractivity contribution < 1.29 is 4.39 Å². The molecule has 0 bridgehead atoms. The standard InChI is InChI=1S/C13H17ClFN/c1-8(2)10-4-5-16(3)13-11(10)6-9(14)7-12(13)15/h6-8,10H,4-5H2,1-3H3. The third-order valence-corrected chi connectivity index (χ3v) is 3.64. The minimum absolute atomic E-state index is 0.199. The molecule has 88 valence electrons. The van der Waals surface area contributed by atoms with Crippen LogP contribution in [0.5, 0.6) is 0 Å². The van der Waals surface area contributed by atoms with Gasteiger partial charge in [0.1, 0.15) is 5.82 Å². The largest absolute Gasteiger partial charge is 0.372 e. The zero-order valence-electron chi connectivity index (χ0n) is 9.93. The van der Waals surface area contributed by atoms with Crippen molar-refractivity contribution in [2.45, 2.75) is 26.2 Å². The van der Waals surface area contributed by atoms with Crippen molar-refractivity contribution in [2.24, 2.45) is 5.92 Å². The van der Waals surface area contributed by atoms with E-state index in [9.17, 15) is 4.39 Å². The van der Waals surface area contributed by atoms with E-state index in [-0.39, 0.29) is 5.82 Å². The van der Waals surface area contributed by atoms with Gasteiger partial charge in [-0.05, 0) is 36.0 Å². The van der Waals surface area contributed by atoms with Crippen molar-refractivity contribution in [2.75, 3.05) is 18.5 Å². The van der Waals surface area contributed by atoms with Gasteiger partial charge in [-0.15, -0.1) is 0 Å². The van der Waals surface area contributed by atoms with Gasteiger partial charge in [0.25, 0.3) is 0 Å². The van der Waals surface area contributed by atoms with Gasteiger partial charge in [0.2, 0.25) is 0 Å². The van der Waals surface area contributed by atoms with Crippen LogP contribution in [0, 0.1) is 11.7 Å². The first-order chi connectivity index (χ1) is 7.50. The van der Waals surface area contributed by atoms with Crippen LogP contribution >= 0.6 is 11.6 Å². The molecule has 1 aliphatic heterocycles. The van der Waals surface area contributed by atoms with Crippen LogP contribution in [0.15, 0.2) is 12.1 Å². The van der Waals surface area contributed by atoms with E-state index in [1.54, 1.807) is 0 Å². The summed E-state index contributed by atoms with van der Waals surface area (Å²) in [6.45, 7) is 5.27. The number of rotatable bonds is 1. The molecule has 0 aromatic heterocycles. The van der Waals surface area contributed by atoms with Gasteiger partial charge in [-0.1, -0.05) is 25.4 Å². The van der Waals surface area contributed by atoms with Gasteiger partial charge in [0.15, 0.2) is 0 Å². The van der Waals surface area contributed by atoms with Crippen LogP contribution in [0.25, 0.3) is 0 Å². The summed E-state index contributed by atoms with van der Waals surface area (Å²) >= 11 is 5.94. The number of anilines is 1. The Bertz CT molecular complexity index is 403. The summed E-state index contributed by atoms with van der Waals surface area (Å²) in [5.74, 6) is 0.736. The van der Waals surface area contributed by atoms with Gasteiger partial charge in [-0.3, -0.25) is 0 Å². The number of halogens is 2. The van der Waals surface area contributed by atoms with Crippen LogP contribution in [0.1, 0.15) is 31.7 Å². The summed E-state index contributed by atoms with van der Waals surface area (Å²) in [5.41, 5.74) is 1.79. The second kappa shape index (κ2) is 4.25. The van der Waals surface area contributed by atoms with Gasteiger partial charge in [-0.25, -0.2) is 4.39 Å². The number of hydrogen-bond acceptors (Lipinski definition) is 1. The van der Waals surface area contributed by atoms with E-state index >= 15 is 0 Å². The van der Waals surface area contributed by atoms with E-state index in [4.69, 9.17) is 11.6 Å². The maximum Gasteiger partial charge on any atom is 0.148 e. The molecule has 0 amide bonds. The lowest BCUT2D eigenvalue weighted by atomic mass is 9.82. The summed E-state index contributed by atoms with van der Waals surface area (Å²) in [7, 11) is 1.94. The fourth-order valence-corrected chi connectivity index (χ4v) is 2.78. The number of benzene rings is 1. The molecule has 0 saturated heterocycles. The van der Waals surface area contributed by atoms with Crippen LogP contribution in [-0.2, 0) is 0 Å². The average molecular weight is 242 g/mol. The van der Waals surface area contributed by atoms with E-state index < -0.39 is 0 Å². The Morgan fingerprint density at radius 2 is 2.12 bits per heavy atom. The van der Waals surface area contributed by atoms with E-state index in [1.165, 1.54) is 6.07 Å². The first kappa shape index (κ1) is 11.7. The minimum atomic E-state index is -0.199. The SMILES string of the molecule is CC(C)C1CCN(C)c2c(F)cc(Cl)cc21. The molecule has 0 saturated carbocycles. The van der Waals surface area contributed by atoms with Gasteiger partial charge in [0, 0.05) is 18.6 Å². The van der Waals surface area contributed by atoms with Crippen molar-refractivity contribution >= 4 is 17.3 Å². The molecule has 1 heterocycles. The van der Waals surface area contributed by atoms with E-state index in [2.05, 4.69) is 13.8 Å². The molecule has 1 unspecified atom stereocenters. The number of hydrogen-bond donors (Lipinski definition) is 0. The highest BCUT2D eigenvalue weighted by molar-refractivity contribution is 6.30. The summed E-state index contributed by atoms with van der Waals surface area (Å²) in [4.78, 5) is 1.99. The van der Waals surface area contributed by atoms with Gasteiger partial charge in [-0.2, -0.15) is 0 Å². The lowest BCUT2D eigenvalue weighted by molar-refractivity contribution is 0.450. The summed E-state index contributed by atoms with van der Waals surface area (Å²) in [5, 5.41) is 0.497. The first-order valence-corrected chi connectivity index (χ1v) is 6.08. The second-order valence-electron chi connectivity index (χ2n) is 4.89. The van der Waals surface area contributed by atoms with Crippen molar-refractivity contribution in [3.8, 4) is 0 Å². The second-order valence-corrected chi connectivity index (χ2v) is 5.32. The molecule has 1 aromatic rings. The molecular formula is C13H17ClFN. The Morgan fingerprint density at radius 1 is 1.44 bits per heavy atom. The van der Waals surface area contributed by atoms with Crippen molar-refractivity contribution in [1.82, 2.24) is 0 Å². The molecule has 16 heavy (non-hydrogen) atoms. The summed E-state index contributed by atoms with van der Waals surface area (Å²) < 4.78 is 13.9. The van der Waals surface area contributed by atoms with E-state index in [1.807, 2.05) is 18.0 Å². The molecule has 3 heteroatoms. The zero-order valence-corrected chi connectivity index (χ0v) is 10.7. The van der Waals surface area contributed by atoms with E-state index in [0.717, 1.165) is 24.2 Å². The lowest BCUT2D eigenvalue weighted by Gasteiger charge is -2.35. The topological polar surface area (TPSA) is 3.24 Å². The van der Waals surface area contributed by atoms with Crippen LogP contribution in [0.3, 0.4) is 0 Å². The molecule has 0 radical (unpaired) electrons. The molecule has 0 spiro atoms. The normalized spacial score (nSPS) is 20.1. The number of fused-ring (bicyclic) bond motifs is 1. The Hall–Kier alpha value is -0.760. The molecule has 0 N–H and O–H groups in total. The molecular weight excluding hydrogens is 225 g/mol. The fourth-order valence-electron chi connectivity index (χ4n) is 2.56. The van der Waals surface area contributed by atoms with Crippen LogP contribution in [0.4, 0.5) is 10.1 Å². The maximum absolute atomic E-state index is 13.9. The molecule has 1 nitrogen and oxygen atoms in total. The summed E-state index contributed by atoms with van der Waals surface area (Å²) in [6, 6.07) is 3.32. The average Bonchev–Trinajstić information content (AvgIpc) is 2.15. The Labute approximate surface area is 101 Å². The highest BCUT2D eigenvalue weighted by Crippen LogP contribution is 2.41. The Balaban J connectivity index is 2.56. The Morgan fingerprint density at radius 3 is 2.75 bits per heavy atom. The van der Waals surface area contributed by atoms with Crippen LogP contribution in [-0.4, -0.2) is 13.6 Å². The Kier molecular flexibility index (Phi) is 3.11. The van der Waals surface area contributed by atoms with Gasteiger partial charge in [0.05, 0.1) is 5.69 Å². The highest BCUT2D eigenvalue weighted by atomic mass is 35.5. The van der Waals surface area contributed by atoms with Gasteiger partial charge < -0.3 is 4.90 Å². The zero-order chi connectivity index (χ0) is 11.9.